The fourth-order valence-electron chi connectivity index (χ4n) is 2.70. The molecule has 0 spiro atoms. The number of nitriles is 1. The summed E-state index contributed by atoms with van der Waals surface area (Å²) in [5.74, 6) is 0. The molecule has 9 heteroatoms. The van der Waals surface area contributed by atoms with Crippen LogP contribution in [0.4, 0.5) is 32.0 Å². The van der Waals surface area contributed by atoms with Gasteiger partial charge in [0.2, 0.25) is 0 Å². The number of benzene rings is 1. The Labute approximate surface area is 127 Å². The molecule has 1 heterocycles. The Bertz CT molecular complexity index is 619. The lowest BCUT2D eigenvalue weighted by Crippen LogP contribution is -2.47. The average molecular weight is 338 g/mol. The van der Waals surface area contributed by atoms with Gasteiger partial charge in [-0.1, -0.05) is 0 Å². The molecule has 1 unspecified atom stereocenters. The number of nitrogens with zero attached hydrogens (tertiary/aromatic N) is 2. The average Bonchev–Trinajstić information content (AvgIpc) is 2.93. The van der Waals surface area contributed by atoms with Gasteiger partial charge in [-0.15, -0.1) is 0 Å². The summed E-state index contributed by atoms with van der Waals surface area (Å²) in [7, 11) is 0. The van der Waals surface area contributed by atoms with Crippen LogP contribution in [-0.4, -0.2) is 30.0 Å². The third-order valence-electron chi connectivity index (χ3n) is 3.76. The van der Waals surface area contributed by atoms with Gasteiger partial charge >= 0.3 is 12.4 Å². The summed E-state index contributed by atoms with van der Waals surface area (Å²) in [5, 5.41) is 18.1. The largest absolute Gasteiger partial charge is 0.417 e. The highest BCUT2D eigenvalue weighted by molar-refractivity contribution is 5.56. The van der Waals surface area contributed by atoms with Crippen LogP contribution in [0.25, 0.3) is 0 Å². The molecule has 126 valence electrons. The first-order valence-corrected chi connectivity index (χ1v) is 6.68. The van der Waals surface area contributed by atoms with Crippen molar-refractivity contribution in [3.8, 4) is 6.07 Å². The third kappa shape index (κ3) is 3.52. The molecule has 1 aromatic rings. The van der Waals surface area contributed by atoms with Gasteiger partial charge in [-0.2, -0.15) is 31.6 Å². The molecule has 23 heavy (non-hydrogen) atoms. The first kappa shape index (κ1) is 17.4. The van der Waals surface area contributed by atoms with Gasteiger partial charge in [-0.3, -0.25) is 0 Å². The first-order valence-electron chi connectivity index (χ1n) is 6.68. The van der Waals surface area contributed by atoms with Crippen LogP contribution in [0.15, 0.2) is 18.2 Å². The molecule has 1 fully saturated rings. The van der Waals surface area contributed by atoms with E-state index >= 15 is 0 Å². The molecule has 1 aliphatic rings. The summed E-state index contributed by atoms with van der Waals surface area (Å²) in [6, 6.07) is 2.81. The molecule has 0 aromatic heterocycles. The monoisotopic (exact) mass is 338 g/mol. The summed E-state index contributed by atoms with van der Waals surface area (Å²) in [5.41, 5.74) is -1.90. The van der Waals surface area contributed by atoms with Crippen LogP contribution < -0.4 is 4.90 Å². The van der Waals surface area contributed by atoms with Gasteiger partial charge in [0.1, 0.15) is 0 Å². The zero-order valence-electron chi connectivity index (χ0n) is 11.6. The van der Waals surface area contributed by atoms with Crippen molar-refractivity contribution in [2.45, 2.75) is 37.3 Å². The minimum atomic E-state index is -4.85. The van der Waals surface area contributed by atoms with Crippen molar-refractivity contribution in [3.05, 3.63) is 29.3 Å². The summed E-state index contributed by atoms with van der Waals surface area (Å²) < 4.78 is 76.9. The number of aliphatic hydroxyl groups excluding tert-OH is 1. The highest BCUT2D eigenvalue weighted by Crippen LogP contribution is 2.38. The van der Waals surface area contributed by atoms with Crippen molar-refractivity contribution in [2.24, 2.45) is 0 Å². The number of halogens is 6. The molecular formula is C14H12F6N2O. The molecule has 0 bridgehead atoms. The highest BCUT2D eigenvalue weighted by Gasteiger charge is 2.47. The maximum atomic E-state index is 12.9. The molecule has 2 rings (SSSR count). The van der Waals surface area contributed by atoms with E-state index in [1.54, 1.807) is 0 Å². The van der Waals surface area contributed by atoms with Crippen LogP contribution in [0.1, 0.15) is 24.0 Å². The molecule has 1 saturated heterocycles. The summed E-state index contributed by atoms with van der Waals surface area (Å²) in [6.07, 6.45) is -12.0. The van der Waals surface area contributed by atoms with Gasteiger partial charge < -0.3 is 10.0 Å². The molecule has 1 N–H and O–H groups in total. The minimum absolute atomic E-state index is 0.0159. The Morgan fingerprint density at radius 2 is 1.87 bits per heavy atom. The molecule has 2 atom stereocenters. The van der Waals surface area contributed by atoms with Crippen LogP contribution in [0.3, 0.4) is 0 Å². The van der Waals surface area contributed by atoms with Crippen LogP contribution in [0.2, 0.25) is 0 Å². The van der Waals surface area contributed by atoms with E-state index in [0.29, 0.717) is 12.5 Å². The van der Waals surface area contributed by atoms with E-state index in [-0.39, 0.29) is 18.7 Å². The van der Waals surface area contributed by atoms with Gasteiger partial charge in [0.25, 0.3) is 0 Å². The van der Waals surface area contributed by atoms with Gasteiger partial charge in [0.05, 0.1) is 23.2 Å². The predicted molar refractivity (Wildman–Crippen MR) is 68.6 cm³/mol. The van der Waals surface area contributed by atoms with Crippen molar-refractivity contribution in [3.63, 3.8) is 0 Å². The van der Waals surface area contributed by atoms with Gasteiger partial charge in [-0.05, 0) is 31.0 Å². The topological polar surface area (TPSA) is 47.3 Å². The van der Waals surface area contributed by atoms with Crippen molar-refractivity contribution >= 4 is 5.69 Å². The number of anilines is 1. The van der Waals surface area contributed by atoms with Gasteiger partial charge in [-0.25, -0.2) is 0 Å². The van der Waals surface area contributed by atoms with E-state index in [4.69, 9.17) is 5.26 Å². The summed E-state index contributed by atoms with van der Waals surface area (Å²) in [4.78, 5) is 1.11. The number of aliphatic hydroxyl groups is 1. The quantitative estimate of drug-likeness (QED) is 0.840. The van der Waals surface area contributed by atoms with Crippen molar-refractivity contribution in [1.82, 2.24) is 0 Å². The normalized spacial score (nSPS) is 20.4. The molecule has 0 amide bonds. The number of hydrogen-bond acceptors (Lipinski definition) is 3. The van der Waals surface area contributed by atoms with Crippen LogP contribution in [0, 0.1) is 11.3 Å². The third-order valence-corrected chi connectivity index (χ3v) is 3.76. The zero-order valence-corrected chi connectivity index (χ0v) is 11.6. The Morgan fingerprint density at radius 1 is 1.22 bits per heavy atom. The standard InChI is InChI=1S/C14H12F6N2O/c15-13(16,17)10-6-9(4-3-8(10)7-21)22-5-1-2-11(22)12(23)14(18,19)20/h3-4,6,11-12,23H,1-2,5H2/t11-,12?/m1/s1. The Balaban J connectivity index is 2.40. The second-order valence-electron chi connectivity index (χ2n) is 5.23. The maximum absolute atomic E-state index is 12.9. The minimum Gasteiger partial charge on any atom is -0.382 e. The summed E-state index contributed by atoms with van der Waals surface area (Å²) in [6.45, 7) is 0.0982. The van der Waals surface area contributed by atoms with Crippen LogP contribution >= 0.6 is 0 Å². The summed E-state index contributed by atoms with van der Waals surface area (Å²) >= 11 is 0. The molecular weight excluding hydrogens is 326 g/mol. The van der Waals surface area contributed by atoms with Gasteiger partial charge in [0, 0.05) is 12.2 Å². The first-order chi connectivity index (χ1) is 10.6. The van der Waals surface area contributed by atoms with Gasteiger partial charge in [0.15, 0.2) is 6.10 Å². The number of alkyl halides is 6. The Kier molecular flexibility index (Phi) is 4.48. The van der Waals surface area contributed by atoms with Crippen molar-refractivity contribution < 1.29 is 31.4 Å². The van der Waals surface area contributed by atoms with Crippen molar-refractivity contribution in [2.75, 3.05) is 11.4 Å². The lowest BCUT2D eigenvalue weighted by molar-refractivity contribution is -0.209. The van der Waals surface area contributed by atoms with Crippen LogP contribution in [-0.2, 0) is 6.18 Å². The fourth-order valence-corrected chi connectivity index (χ4v) is 2.70. The molecule has 1 aromatic carbocycles. The number of hydrogen-bond donors (Lipinski definition) is 1. The molecule has 3 nitrogen and oxygen atoms in total. The molecule has 1 aliphatic heterocycles. The number of rotatable bonds is 2. The SMILES string of the molecule is N#Cc1ccc(N2CCC[C@@H]2C(O)C(F)(F)F)cc1C(F)(F)F. The smallest absolute Gasteiger partial charge is 0.382 e. The maximum Gasteiger partial charge on any atom is 0.417 e. The van der Waals surface area contributed by atoms with Crippen molar-refractivity contribution in [1.29, 1.82) is 5.26 Å². The second-order valence-corrected chi connectivity index (χ2v) is 5.23. The van der Waals surface area contributed by atoms with E-state index in [1.807, 2.05) is 0 Å². The Morgan fingerprint density at radius 3 is 2.39 bits per heavy atom. The second kappa shape index (κ2) is 5.92. The Hall–Kier alpha value is -1.95. The van der Waals surface area contributed by atoms with E-state index < -0.39 is 35.6 Å². The molecule has 0 radical (unpaired) electrons. The highest BCUT2D eigenvalue weighted by atomic mass is 19.4. The molecule has 0 aliphatic carbocycles. The fraction of sp³-hybridized carbons (Fsp3) is 0.500. The van der Waals surface area contributed by atoms with E-state index in [1.165, 1.54) is 6.07 Å². The lowest BCUT2D eigenvalue weighted by Gasteiger charge is -2.31. The molecule has 0 saturated carbocycles. The van der Waals surface area contributed by atoms with E-state index in [2.05, 4.69) is 0 Å². The van der Waals surface area contributed by atoms with E-state index in [9.17, 15) is 31.4 Å². The zero-order chi connectivity index (χ0) is 17.4. The predicted octanol–water partition coefficient (Wildman–Crippen LogP) is 3.47. The lowest BCUT2D eigenvalue weighted by atomic mass is 10.0. The van der Waals surface area contributed by atoms with Crippen LogP contribution in [0.5, 0.6) is 0 Å². The van der Waals surface area contributed by atoms with E-state index in [0.717, 1.165) is 17.0 Å².